The van der Waals surface area contributed by atoms with E-state index in [1.54, 1.807) is 0 Å². The minimum atomic E-state index is -0.757. The first-order valence-electron chi connectivity index (χ1n) is 5.93. The Labute approximate surface area is 101 Å². The second-order valence-electron chi connectivity index (χ2n) is 4.56. The van der Waals surface area contributed by atoms with Crippen LogP contribution in [-0.2, 0) is 4.79 Å². The van der Waals surface area contributed by atoms with Gasteiger partial charge in [-0.3, -0.25) is 4.79 Å². The lowest BCUT2D eigenvalue weighted by molar-refractivity contribution is -0.136. The molecule has 1 aliphatic rings. The minimum Gasteiger partial charge on any atom is -0.481 e. The Balaban J connectivity index is 2.27. The van der Waals surface area contributed by atoms with Crippen LogP contribution in [-0.4, -0.2) is 23.3 Å². The SMILES string of the molecule is CCC1(C)Nc2ccccc2N1CCC(=O)O. The number of hydrogen-bond acceptors (Lipinski definition) is 3. The number of carboxylic acids is 1. The van der Waals surface area contributed by atoms with Crippen molar-refractivity contribution in [3.8, 4) is 0 Å². The largest absolute Gasteiger partial charge is 0.481 e. The van der Waals surface area contributed by atoms with Gasteiger partial charge in [0.05, 0.1) is 17.8 Å². The molecule has 1 aliphatic heterocycles. The monoisotopic (exact) mass is 234 g/mol. The van der Waals surface area contributed by atoms with Gasteiger partial charge >= 0.3 is 5.97 Å². The Bertz CT molecular complexity index is 433. The van der Waals surface area contributed by atoms with Crippen LogP contribution in [0, 0.1) is 0 Å². The van der Waals surface area contributed by atoms with Gasteiger partial charge in [-0.25, -0.2) is 0 Å². The highest BCUT2D eigenvalue weighted by molar-refractivity contribution is 5.78. The molecule has 4 heteroatoms. The number of carboxylic acid groups (broad SMARTS) is 1. The van der Waals surface area contributed by atoms with Gasteiger partial charge in [-0.05, 0) is 25.5 Å². The summed E-state index contributed by atoms with van der Waals surface area (Å²) in [7, 11) is 0. The van der Waals surface area contributed by atoms with E-state index in [4.69, 9.17) is 5.11 Å². The molecule has 1 heterocycles. The molecular formula is C13H18N2O2. The fraction of sp³-hybridized carbons (Fsp3) is 0.462. The first-order chi connectivity index (χ1) is 8.07. The fourth-order valence-electron chi connectivity index (χ4n) is 2.29. The van der Waals surface area contributed by atoms with Crippen molar-refractivity contribution in [2.24, 2.45) is 0 Å². The van der Waals surface area contributed by atoms with Crippen LogP contribution >= 0.6 is 0 Å². The quantitative estimate of drug-likeness (QED) is 0.840. The maximum atomic E-state index is 10.7. The van der Waals surface area contributed by atoms with Crippen LogP contribution in [0.15, 0.2) is 24.3 Å². The van der Waals surface area contributed by atoms with Crippen LogP contribution in [0.5, 0.6) is 0 Å². The van der Waals surface area contributed by atoms with Gasteiger partial charge in [0.15, 0.2) is 0 Å². The summed E-state index contributed by atoms with van der Waals surface area (Å²) in [5.74, 6) is -0.757. The van der Waals surface area contributed by atoms with Gasteiger partial charge in [0.25, 0.3) is 0 Å². The van der Waals surface area contributed by atoms with Crippen LogP contribution in [0.3, 0.4) is 0 Å². The molecule has 0 amide bonds. The van der Waals surface area contributed by atoms with Gasteiger partial charge < -0.3 is 15.3 Å². The number of para-hydroxylation sites is 2. The molecule has 92 valence electrons. The van der Waals surface area contributed by atoms with E-state index in [0.29, 0.717) is 6.54 Å². The van der Waals surface area contributed by atoms with Gasteiger partial charge in [0, 0.05) is 6.54 Å². The maximum absolute atomic E-state index is 10.7. The molecule has 0 aromatic heterocycles. The van der Waals surface area contributed by atoms with Crippen molar-refractivity contribution >= 4 is 17.3 Å². The van der Waals surface area contributed by atoms with Crippen molar-refractivity contribution in [2.45, 2.75) is 32.4 Å². The zero-order valence-electron chi connectivity index (χ0n) is 10.2. The molecule has 2 N–H and O–H groups in total. The van der Waals surface area contributed by atoms with Gasteiger partial charge in [0.1, 0.15) is 5.66 Å². The zero-order valence-corrected chi connectivity index (χ0v) is 10.2. The van der Waals surface area contributed by atoms with Gasteiger partial charge in [0.2, 0.25) is 0 Å². The van der Waals surface area contributed by atoms with E-state index in [1.807, 2.05) is 24.3 Å². The van der Waals surface area contributed by atoms with E-state index in [9.17, 15) is 4.79 Å². The van der Waals surface area contributed by atoms with Crippen LogP contribution in [0.4, 0.5) is 11.4 Å². The molecule has 4 nitrogen and oxygen atoms in total. The van der Waals surface area contributed by atoms with E-state index in [2.05, 4.69) is 24.1 Å². The van der Waals surface area contributed by atoms with E-state index in [0.717, 1.165) is 17.8 Å². The third kappa shape index (κ3) is 2.07. The zero-order chi connectivity index (χ0) is 12.5. The highest BCUT2D eigenvalue weighted by atomic mass is 16.4. The predicted octanol–water partition coefficient (Wildman–Crippen LogP) is 2.52. The average molecular weight is 234 g/mol. The number of hydrogen-bond donors (Lipinski definition) is 2. The average Bonchev–Trinajstić information content (AvgIpc) is 2.59. The summed E-state index contributed by atoms with van der Waals surface area (Å²) in [5.41, 5.74) is 2.00. The van der Waals surface area contributed by atoms with E-state index >= 15 is 0 Å². The van der Waals surface area contributed by atoms with Crippen LogP contribution in [0.25, 0.3) is 0 Å². The van der Waals surface area contributed by atoms with Crippen LogP contribution in [0.1, 0.15) is 26.7 Å². The number of carbonyl (C=O) groups is 1. The lowest BCUT2D eigenvalue weighted by atomic mass is 10.1. The molecule has 0 bridgehead atoms. The number of fused-ring (bicyclic) bond motifs is 1. The summed E-state index contributed by atoms with van der Waals surface area (Å²) in [4.78, 5) is 12.9. The molecule has 1 aromatic carbocycles. The van der Waals surface area contributed by atoms with Crippen molar-refractivity contribution in [1.82, 2.24) is 0 Å². The minimum absolute atomic E-state index is 0.158. The van der Waals surface area contributed by atoms with Crippen LogP contribution < -0.4 is 10.2 Å². The summed E-state index contributed by atoms with van der Waals surface area (Å²) in [6, 6.07) is 8.04. The highest BCUT2D eigenvalue weighted by Gasteiger charge is 2.37. The van der Waals surface area contributed by atoms with E-state index in [-0.39, 0.29) is 12.1 Å². The topological polar surface area (TPSA) is 52.6 Å². The second-order valence-corrected chi connectivity index (χ2v) is 4.56. The van der Waals surface area contributed by atoms with Crippen molar-refractivity contribution in [1.29, 1.82) is 0 Å². The Morgan fingerprint density at radius 3 is 2.82 bits per heavy atom. The molecule has 0 radical (unpaired) electrons. The summed E-state index contributed by atoms with van der Waals surface area (Å²) in [6.07, 6.45) is 1.08. The molecule has 0 saturated heterocycles. The summed E-state index contributed by atoms with van der Waals surface area (Å²) >= 11 is 0. The fourth-order valence-corrected chi connectivity index (χ4v) is 2.29. The van der Waals surface area contributed by atoms with E-state index < -0.39 is 5.97 Å². The Morgan fingerprint density at radius 2 is 2.18 bits per heavy atom. The highest BCUT2D eigenvalue weighted by Crippen LogP contribution is 2.40. The maximum Gasteiger partial charge on any atom is 0.305 e. The third-order valence-corrected chi connectivity index (χ3v) is 3.43. The Hall–Kier alpha value is -1.71. The number of benzene rings is 1. The number of aliphatic carboxylic acids is 1. The molecule has 17 heavy (non-hydrogen) atoms. The standard InChI is InChI=1S/C13H18N2O2/c1-3-13(2)14-10-6-4-5-7-11(10)15(13)9-8-12(16)17/h4-7,14H,3,8-9H2,1-2H3,(H,16,17). The molecular weight excluding hydrogens is 216 g/mol. The lowest BCUT2D eigenvalue weighted by Crippen LogP contribution is -2.48. The van der Waals surface area contributed by atoms with Gasteiger partial charge in [-0.15, -0.1) is 0 Å². The van der Waals surface area contributed by atoms with Crippen molar-refractivity contribution < 1.29 is 9.90 Å². The Kier molecular flexibility index (Phi) is 2.96. The first-order valence-corrected chi connectivity index (χ1v) is 5.93. The summed E-state index contributed by atoms with van der Waals surface area (Å²) in [6.45, 7) is 4.74. The number of nitrogens with zero attached hydrogens (tertiary/aromatic N) is 1. The predicted molar refractivity (Wildman–Crippen MR) is 68.4 cm³/mol. The normalized spacial score (nSPS) is 22.1. The molecule has 0 fully saturated rings. The van der Waals surface area contributed by atoms with Gasteiger partial charge in [-0.2, -0.15) is 0 Å². The summed E-state index contributed by atoms with van der Waals surface area (Å²) < 4.78 is 0. The second kappa shape index (κ2) is 4.28. The van der Waals surface area contributed by atoms with Crippen molar-refractivity contribution in [3.63, 3.8) is 0 Å². The molecule has 0 saturated carbocycles. The van der Waals surface area contributed by atoms with E-state index in [1.165, 1.54) is 0 Å². The number of nitrogens with one attached hydrogen (secondary N) is 1. The van der Waals surface area contributed by atoms with Crippen LogP contribution in [0.2, 0.25) is 0 Å². The van der Waals surface area contributed by atoms with Crippen molar-refractivity contribution in [3.05, 3.63) is 24.3 Å². The first kappa shape index (κ1) is 11.8. The molecule has 1 atom stereocenters. The van der Waals surface area contributed by atoms with Crippen molar-refractivity contribution in [2.75, 3.05) is 16.8 Å². The molecule has 0 spiro atoms. The molecule has 1 aromatic rings. The number of anilines is 2. The molecule has 1 unspecified atom stereocenters. The Morgan fingerprint density at radius 1 is 1.47 bits per heavy atom. The number of rotatable bonds is 4. The smallest absolute Gasteiger partial charge is 0.305 e. The van der Waals surface area contributed by atoms with Gasteiger partial charge in [-0.1, -0.05) is 19.1 Å². The summed E-state index contributed by atoms with van der Waals surface area (Å²) in [5, 5.41) is 12.3. The third-order valence-electron chi connectivity index (χ3n) is 3.43. The molecule has 2 rings (SSSR count). The lowest BCUT2D eigenvalue weighted by Gasteiger charge is -2.36. The molecule has 0 aliphatic carbocycles.